The monoisotopic (exact) mass is 410 g/mol. The second-order valence-corrected chi connectivity index (χ2v) is 7.19. The van der Waals surface area contributed by atoms with Gasteiger partial charge < -0.3 is 24.2 Å². The van der Waals surface area contributed by atoms with Gasteiger partial charge in [-0.05, 0) is 13.0 Å². The lowest BCUT2D eigenvalue weighted by atomic mass is 10.1. The van der Waals surface area contributed by atoms with Gasteiger partial charge in [0.2, 0.25) is 0 Å². The Kier molecular flexibility index (Phi) is 5.10. The number of imidazole rings is 1. The first-order valence-electron chi connectivity index (χ1n) is 9.27. The summed E-state index contributed by atoms with van der Waals surface area (Å²) in [6, 6.07) is -0.0893. The lowest BCUT2D eigenvalue weighted by molar-refractivity contribution is -0.769. The van der Waals surface area contributed by atoms with Gasteiger partial charge in [-0.15, -0.1) is 10.1 Å². The van der Waals surface area contributed by atoms with Crippen molar-refractivity contribution in [3.63, 3.8) is 0 Å². The molecule has 4 rings (SSSR count). The van der Waals surface area contributed by atoms with Crippen molar-refractivity contribution in [2.24, 2.45) is 14.1 Å². The molecule has 2 aromatic rings. The van der Waals surface area contributed by atoms with Crippen molar-refractivity contribution < 1.29 is 19.4 Å². The van der Waals surface area contributed by atoms with E-state index in [1.807, 2.05) is 0 Å². The van der Waals surface area contributed by atoms with Crippen LogP contribution in [-0.4, -0.2) is 67.9 Å². The van der Waals surface area contributed by atoms with E-state index in [9.17, 15) is 19.7 Å². The summed E-state index contributed by atoms with van der Waals surface area (Å²) in [5.41, 5.74) is -0.0510. The van der Waals surface area contributed by atoms with Crippen LogP contribution in [0.1, 0.15) is 6.42 Å². The van der Waals surface area contributed by atoms with E-state index in [0.29, 0.717) is 37.3 Å². The van der Waals surface area contributed by atoms with Crippen molar-refractivity contribution in [1.82, 2.24) is 24.0 Å². The van der Waals surface area contributed by atoms with Crippen LogP contribution in [0.25, 0.3) is 11.2 Å². The Balaban J connectivity index is 1.35. The second kappa shape index (κ2) is 7.57. The van der Waals surface area contributed by atoms with E-state index in [1.165, 1.54) is 11.6 Å². The van der Waals surface area contributed by atoms with Gasteiger partial charge in [0.1, 0.15) is 12.2 Å². The van der Waals surface area contributed by atoms with E-state index >= 15 is 0 Å². The maximum Gasteiger partial charge on any atom is 0.332 e. The van der Waals surface area contributed by atoms with Crippen molar-refractivity contribution in [2.45, 2.75) is 37.3 Å². The second-order valence-electron chi connectivity index (χ2n) is 7.19. The van der Waals surface area contributed by atoms with Gasteiger partial charge in [0.15, 0.2) is 17.3 Å². The number of ether oxygens (including phenoxy) is 2. The minimum atomic E-state index is -0.823. The van der Waals surface area contributed by atoms with Crippen LogP contribution in [0, 0.1) is 10.1 Å². The highest BCUT2D eigenvalue weighted by Gasteiger charge is 2.49. The predicted octanol–water partition coefficient (Wildman–Crippen LogP) is -1.84. The smallest absolute Gasteiger partial charge is 0.332 e. The molecule has 0 radical (unpaired) electrons. The number of aromatic nitrogens is 4. The Hall–Kier alpha value is -2.77. The topological polar surface area (TPSA) is 145 Å². The highest BCUT2D eigenvalue weighted by molar-refractivity contribution is 5.69. The zero-order chi connectivity index (χ0) is 20.7. The van der Waals surface area contributed by atoms with E-state index in [4.69, 9.17) is 9.47 Å². The van der Waals surface area contributed by atoms with Crippen LogP contribution in [0.3, 0.4) is 0 Å². The average Bonchev–Trinajstić information content (AvgIpc) is 3.38. The Bertz CT molecular complexity index is 1040. The Morgan fingerprint density at radius 2 is 2.03 bits per heavy atom. The highest BCUT2D eigenvalue weighted by atomic mass is 17.0. The Morgan fingerprint density at radius 3 is 2.79 bits per heavy atom. The van der Waals surface area contributed by atoms with Crippen molar-refractivity contribution in [1.29, 1.82) is 0 Å². The summed E-state index contributed by atoms with van der Waals surface area (Å²) in [6.07, 6.45) is 0.789. The van der Waals surface area contributed by atoms with Gasteiger partial charge in [0.05, 0.1) is 25.6 Å². The molecule has 0 amide bonds. The van der Waals surface area contributed by atoms with E-state index in [0.717, 1.165) is 4.57 Å². The molecule has 1 N–H and O–H groups in total. The molecule has 4 heterocycles. The third kappa shape index (κ3) is 3.41. The summed E-state index contributed by atoms with van der Waals surface area (Å²) in [4.78, 5) is 43.8. The number of fused-ring (bicyclic) bond motifs is 2. The molecule has 13 heteroatoms. The van der Waals surface area contributed by atoms with Gasteiger partial charge in [0, 0.05) is 20.6 Å². The third-order valence-electron chi connectivity index (χ3n) is 5.43. The minimum Gasteiger partial charge on any atom is -0.371 e. The molecule has 2 aliphatic rings. The first-order chi connectivity index (χ1) is 13.9. The average molecular weight is 410 g/mol. The van der Waals surface area contributed by atoms with Gasteiger partial charge in [0.25, 0.3) is 10.6 Å². The molecule has 0 bridgehead atoms. The van der Waals surface area contributed by atoms with Crippen LogP contribution in [-0.2, 0) is 35.0 Å². The zero-order valence-corrected chi connectivity index (χ0v) is 16.0. The Labute approximate surface area is 163 Å². The van der Waals surface area contributed by atoms with Crippen LogP contribution in [0.4, 0.5) is 0 Å². The fourth-order valence-electron chi connectivity index (χ4n) is 3.94. The molecular weight excluding hydrogens is 388 g/mol. The fraction of sp³-hybridized carbons (Fsp3) is 0.688. The van der Waals surface area contributed by atoms with Crippen molar-refractivity contribution in [3.05, 3.63) is 37.3 Å². The SMILES string of the molecule is Cn1c(=O)c2c(ncn2CCCN[C@@H]2COC3C(O[N+](=O)[O-])COC32)n(C)c1=O. The van der Waals surface area contributed by atoms with Gasteiger partial charge in [-0.1, -0.05) is 0 Å². The number of hydrogen-bond acceptors (Lipinski definition) is 9. The van der Waals surface area contributed by atoms with Gasteiger partial charge in [-0.25, -0.2) is 9.78 Å². The molecule has 2 saturated heterocycles. The van der Waals surface area contributed by atoms with Crippen LogP contribution >= 0.6 is 0 Å². The van der Waals surface area contributed by atoms with Crippen molar-refractivity contribution >= 4 is 11.2 Å². The summed E-state index contributed by atoms with van der Waals surface area (Å²) in [6.45, 7) is 1.65. The first-order valence-corrected chi connectivity index (χ1v) is 9.27. The molecule has 0 saturated carbocycles. The number of hydrogen-bond donors (Lipinski definition) is 1. The molecule has 2 aliphatic heterocycles. The quantitative estimate of drug-likeness (QED) is 0.316. The largest absolute Gasteiger partial charge is 0.371 e. The number of nitrogens with zero attached hydrogens (tertiary/aromatic N) is 5. The Morgan fingerprint density at radius 1 is 1.28 bits per heavy atom. The summed E-state index contributed by atoms with van der Waals surface area (Å²) < 4.78 is 15.4. The molecule has 158 valence electrons. The van der Waals surface area contributed by atoms with Crippen LogP contribution in [0.15, 0.2) is 15.9 Å². The van der Waals surface area contributed by atoms with E-state index in [2.05, 4.69) is 15.1 Å². The maximum absolute atomic E-state index is 12.4. The van der Waals surface area contributed by atoms with Crippen molar-refractivity contribution in [3.8, 4) is 0 Å². The molecular formula is C16H22N6O7. The van der Waals surface area contributed by atoms with Crippen LogP contribution in [0.5, 0.6) is 0 Å². The molecule has 3 unspecified atom stereocenters. The third-order valence-corrected chi connectivity index (χ3v) is 5.43. The first kappa shape index (κ1) is 19.5. The molecule has 0 spiro atoms. The van der Waals surface area contributed by atoms with Gasteiger partial charge in [-0.2, -0.15) is 0 Å². The standard InChI is InChI=1S/C16H22N6O7/c1-19-14-11(15(23)20(2)16(19)24)21(8-18-14)5-3-4-17-9-6-27-13-10(29-22(25)26)7-28-12(9)13/h8-10,12-13,17H,3-7H2,1-2H3/t9-,10?,12?,13?/m1/s1. The highest BCUT2D eigenvalue weighted by Crippen LogP contribution is 2.28. The summed E-state index contributed by atoms with van der Waals surface area (Å²) in [7, 11) is 3.02. The lowest BCUT2D eigenvalue weighted by Crippen LogP contribution is -2.42. The number of aryl methyl sites for hydroxylation is 2. The molecule has 4 atom stereocenters. The fourth-order valence-corrected chi connectivity index (χ4v) is 3.94. The summed E-state index contributed by atoms with van der Waals surface area (Å²) in [5.74, 6) is 0. The normalized spacial score (nSPS) is 26.1. The summed E-state index contributed by atoms with van der Waals surface area (Å²) >= 11 is 0. The van der Waals surface area contributed by atoms with E-state index < -0.39 is 23.0 Å². The molecule has 2 aromatic heterocycles. The predicted molar refractivity (Wildman–Crippen MR) is 98.0 cm³/mol. The minimum absolute atomic E-state index is 0.0893. The number of nitrogens with one attached hydrogen (secondary N) is 1. The molecule has 2 fully saturated rings. The molecule has 13 nitrogen and oxygen atoms in total. The van der Waals surface area contributed by atoms with Crippen molar-refractivity contribution in [2.75, 3.05) is 19.8 Å². The molecule has 0 aliphatic carbocycles. The lowest BCUT2D eigenvalue weighted by Gasteiger charge is -2.17. The molecule has 0 aromatic carbocycles. The van der Waals surface area contributed by atoms with Gasteiger partial charge >= 0.3 is 5.69 Å². The van der Waals surface area contributed by atoms with E-state index in [-0.39, 0.29) is 24.3 Å². The van der Waals surface area contributed by atoms with E-state index in [1.54, 1.807) is 17.9 Å². The number of rotatable bonds is 7. The maximum atomic E-state index is 12.4. The van der Waals surface area contributed by atoms with Gasteiger partial charge in [-0.3, -0.25) is 13.9 Å². The van der Waals surface area contributed by atoms with Crippen LogP contribution < -0.4 is 16.6 Å². The summed E-state index contributed by atoms with van der Waals surface area (Å²) in [5, 5.41) is 13.0. The molecule has 29 heavy (non-hydrogen) atoms. The zero-order valence-electron chi connectivity index (χ0n) is 16.0. The van der Waals surface area contributed by atoms with Crippen LogP contribution in [0.2, 0.25) is 0 Å².